The third-order valence-electron chi connectivity index (χ3n) is 2.97. The van der Waals surface area contributed by atoms with E-state index in [0.29, 0.717) is 17.6 Å². The number of halogens is 2. The first kappa shape index (κ1) is 12.6. The van der Waals surface area contributed by atoms with Gasteiger partial charge in [0.05, 0.1) is 0 Å². The van der Waals surface area contributed by atoms with Crippen molar-refractivity contribution in [2.24, 2.45) is 5.73 Å². The number of benzene rings is 1. The lowest BCUT2D eigenvalue weighted by Gasteiger charge is -2.22. The summed E-state index contributed by atoms with van der Waals surface area (Å²) in [6.07, 6.45) is 6.28. The molecule has 2 nitrogen and oxygen atoms in total. The highest BCUT2D eigenvalue weighted by Crippen LogP contribution is 2.21. The Morgan fingerprint density at radius 2 is 2.06 bits per heavy atom. The minimum absolute atomic E-state index is 0.0481. The van der Waals surface area contributed by atoms with Crippen molar-refractivity contribution >= 4 is 11.6 Å². The van der Waals surface area contributed by atoms with Gasteiger partial charge in [0.2, 0.25) is 0 Å². The van der Waals surface area contributed by atoms with Crippen LogP contribution in [0, 0.1) is 5.82 Å². The zero-order valence-corrected chi connectivity index (χ0v) is 10.3. The summed E-state index contributed by atoms with van der Waals surface area (Å²) in [6.45, 7) is 0.427. The van der Waals surface area contributed by atoms with Gasteiger partial charge in [-0.1, -0.05) is 23.8 Å². The molecule has 17 heavy (non-hydrogen) atoms. The van der Waals surface area contributed by atoms with Gasteiger partial charge >= 0.3 is 0 Å². The Morgan fingerprint density at radius 3 is 2.65 bits per heavy atom. The molecule has 4 heteroatoms. The first-order valence-corrected chi connectivity index (χ1v) is 6.14. The Kier molecular flexibility index (Phi) is 4.15. The molecule has 0 saturated carbocycles. The second kappa shape index (κ2) is 5.63. The molecule has 0 radical (unpaired) electrons. The molecule has 0 saturated heterocycles. The summed E-state index contributed by atoms with van der Waals surface area (Å²) in [6, 6.07) is 4.89. The Hall–Kier alpha value is -0.900. The van der Waals surface area contributed by atoms with Crippen LogP contribution in [0.1, 0.15) is 24.4 Å². The van der Waals surface area contributed by atoms with Gasteiger partial charge in [0.1, 0.15) is 5.82 Å². The van der Waals surface area contributed by atoms with Crippen LogP contribution in [-0.2, 0) is 0 Å². The second-order valence-electron chi connectivity index (χ2n) is 4.30. The van der Waals surface area contributed by atoms with Gasteiger partial charge < -0.3 is 11.1 Å². The fourth-order valence-corrected chi connectivity index (χ4v) is 2.34. The number of nitrogens with two attached hydrogens (primary N) is 1. The van der Waals surface area contributed by atoms with Crippen LogP contribution >= 0.6 is 11.6 Å². The summed E-state index contributed by atoms with van der Waals surface area (Å²) in [4.78, 5) is 0. The van der Waals surface area contributed by atoms with Crippen molar-refractivity contribution in [3.05, 3.63) is 46.8 Å². The number of hydrogen-bond acceptors (Lipinski definition) is 2. The van der Waals surface area contributed by atoms with Crippen molar-refractivity contribution in [1.29, 1.82) is 0 Å². The predicted octanol–water partition coefficient (Wildman–Crippen LogP) is 2.79. The highest BCUT2D eigenvalue weighted by atomic mass is 35.5. The number of hydrogen-bond donors (Lipinski definition) is 2. The maximum Gasteiger partial charge on any atom is 0.125 e. The van der Waals surface area contributed by atoms with Crippen LogP contribution in [0.2, 0.25) is 5.02 Å². The molecular weight excluding hydrogens is 239 g/mol. The summed E-state index contributed by atoms with van der Waals surface area (Å²) >= 11 is 5.85. The summed E-state index contributed by atoms with van der Waals surface area (Å²) in [7, 11) is 0. The van der Waals surface area contributed by atoms with E-state index in [-0.39, 0.29) is 11.9 Å². The Labute approximate surface area is 106 Å². The van der Waals surface area contributed by atoms with Crippen molar-refractivity contribution in [2.75, 3.05) is 6.54 Å². The SMILES string of the molecule is NCC(NC1CC=CC1)c1cc(F)cc(Cl)c1. The molecule has 1 aliphatic rings. The quantitative estimate of drug-likeness (QED) is 0.811. The van der Waals surface area contributed by atoms with Crippen LogP contribution in [0.4, 0.5) is 4.39 Å². The molecule has 0 aromatic heterocycles. The summed E-state index contributed by atoms with van der Waals surface area (Å²) < 4.78 is 13.3. The Morgan fingerprint density at radius 1 is 1.35 bits per heavy atom. The summed E-state index contributed by atoms with van der Waals surface area (Å²) in [5.74, 6) is -0.322. The van der Waals surface area contributed by atoms with Crippen LogP contribution in [0.5, 0.6) is 0 Å². The normalized spacial score (nSPS) is 17.6. The van der Waals surface area contributed by atoms with Gasteiger partial charge in [-0.05, 0) is 36.6 Å². The molecule has 2 rings (SSSR count). The molecular formula is C13H16ClFN2. The van der Waals surface area contributed by atoms with E-state index >= 15 is 0 Å². The Bertz CT molecular complexity index is 392. The van der Waals surface area contributed by atoms with Crippen LogP contribution in [0.15, 0.2) is 30.4 Å². The van der Waals surface area contributed by atoms with Crippen molar-refractivity contribution in [2.45, 2.75) is 24.9 Å². The molecule has 0 amide bonds. The largest absolute Gasteiger partial charge is 0.329 e. The lowest BCUT2D eigenvalue weighted by Crippen LogP contribution is -2.35. The number of nitrogens with one attached hydrogen (secondary N) is 1. The molecule has 0 aliphatic heterocycles. The zero-order chi connectivity index (χ0) is 12.3. The molecule has 0 heterocycles. The Balaban J connectivity index is 2.10. The fourth-order valence-electron chi connectivity index (χ4n) is 2.11. The van der Waals surface area contributed by atoms with Gasteiger partial charge in [-0.25, -0.2) is 4.39 Å². The van der Waals surface area contributed by atoms with E-state index in [1.165, 1.54) is 12.1 Å². The third kappa shape index (κ3) is 3.28. The molecule has 1 aromatic carbocycles. The molecule has 92 valence electrons. The molecule has 1 aromatic rings. The average molecular weight is 255 g/mol. The number of rotatable bonds is 4. The predicted molar refractivity (Wildman–Crippen MR) is 68.5 cm³/mol. The summed E-state index contributed by atoms with van der Waals surface area (Å²) in [5, 5.41) is 3.83. The molecule has 0 bridgehead atoms. The van der Waals surface area contributed by atoms with E-state index in [9.17, 15) is 4.39 Å². The van der Waals surface area contributed by atoms with Crippen LogP contribution in [0.3, 0.4) is 0 Å². The lowest BCUT2D eigenvalue weighted by atomic mass is 10.0. The van der Waals surface area contributed by atoms with Crippen molar-refractivity contribution in [3.63, 3.8) is 0 Å². The first-order chi connectivity index (χ1) is 8.19. The smallest absolute Gasteiger partial charge is 0.125 e. The zero-order valence-electron chi connectivity index (χ0n) is 9.50. The van der Waals surface area contributed by atoms with Crippen molar-refractivity contribution in [3.8, 4) is 0 Å². The molecule has 1 aliphatic carbocycles. The van der Waals surface area contributed by atoms with Gasteiger partial charge in [-0.2, -0.15) is 0 Å². The van der Waals surface area contributed by atoms with Gasteiger partial charge in [0, 0.05) is 23.7 Å². The first-order valence-electron chi connectivity index (χ1n) is 5.76. The van der Waals surface area contributed by atoms with Crippen molar-refractivity contribution < 1.29 is 4.39 Å². The monoisotopic (exact) mass is 254 g/mol. The van der Waals surface area contributed by atoms with Crippen LogP contribution < -0.4 is 11.1 Å². The van der Waals surface area contributed by atoms with E-state index in [1.54, 1.807) is 6.07 Å². The van der Waals surface area contributed by atoms with Gasteiger partial charge in [-0.15, -0.1) is 0 Å². The lowest BCUT2D eigenvalue weighted by molar-refractivity contribution is 0.451. The van der Waals surface area contributed by atoms with E-state index in [1.807, 2.05) is 0 Å². The van der Waals surface area contributed by atoms with Crippen LogP contribution in [0.25, 0.3) is 0 Å². The minimum atomic E-state index is -0.322. The van der Waals surface area contributed by atoms with Crippen LogP contribution in [-0.4, -0.2) is 12.6 Å². The highest BCUT2D eigenvalue weighted by molar-refractivity contribution is 6.30. The van der Waals surface area contributed by atoms with Gasteiger partial charge in [0.15, 0.2) is 0 Å². The molecule has 0 spiro atoms. The maximum atomic E-state index is 13.3. The molecule has 0 fully saturated rings. The highest BCUT2D eigenvalue weighted by Gasteiger charge is 2.17. The standard InChI is InChI=1S/C13H16ClFN2/c14-10-5-9(6-11(15)7-10)13(8-16)17-12-3-1-2-4-12/h1-2,5-7,12-13,17H,3-4,8,16H2. The fraction of sp³-hybridized carbons (Fsp3) is 0.385. The third-order valence-corrected chi connectivity index (χ3v) is 3.19. The topological polar surface area (TPSA) is 38.0 Å². The molecule has 1 unspecified atom stereocenters. The van der Waals surface area contributed by atoms with E-state index < -0.39 is 0 Å². The average Bonchev–Trinajstić information content (AvgIpc) is 2.77. The maximum absolute atomic E-state index is 13.3. The van der Waals surface area contributed by atoms with E-state index in [2.05, 4.69) is 17.5 Å². The van der Waals surface area contributed by atoms with E-state index in [0.717, 1.165) is 18.4 Å². The molecule has 1 atom stereocenters. The van der Waals surface area contributed by atoms with Gasteiger partial charge in [0.25, 0.3) is 0 Å². The summed E-state index contributed by atoms with van der Waals surface area (Å²) in [5.41, 5.74) is 6.54. The van der Waals surface area contributed by atoms with Gasteiger partial charge in [-0.3, -0.25) is 0 Å². The van der Waals surface area contributed by atoms with Crippen molar-refractivity contribution in [1.82, 2.24) is 5.32 Å². The minimum Gasteiger partial charge on any atom is -0.329 e. The second-order valence-corrected chi connectivity index (χ2v) is 4.73. The van der Waals surface area contributed by atoms with E-state index in [4.69, 9.17) is 17.3 Å². The molecule has 3 N–H and O–H groups in total.